The van der Waals surface area contributed by atoms with E-state index in [2.05, 4.69) is 9.71 Å². The lowest BCUT2D eigenvalue weighted by Crippen LogP contribution is -2.14. The number of ether oxygens (including phenoxy) is 1. The van der Waals surface area contributed by atoms with Crippen molar-refractivity contribution in [2.75, 3.05) is 17.6 Å². The molecule has 3 N–H and O–H groups in total. The minimum absolute atomic E-state index is 0.120. The van der Waals surface area contributed by atoms with Crippen molar-refractivity contribution in [2.45, 2.75) is 4.90 Å². The summed E-state index contributed by atoms with van der Waals surface area (Å²) in [6.45, 7) is 0. The fourth-order valence-electron chi connectivity index (χ4n) is 1.64. The normalized spacial score (nSPS) is 11.2. The molecule has 0 unspecified atom stereocenters. The summed E-state index contributed by atoms with van der Waals surface area (Å²) in [6, 6.07) is 4.66. The molecule has 0 fully saturated rings. The van der Waals surface area contributed by atoms with Crippen LogP contribution >= 0.6 is 11.6 Å². The van der Waals surface area contributed by atoms with Gasteiger partial charge in [0, 0.05) is 6.20 Å². The molecule has 0 atom stereocenters. The molecular weight excluding hydrogens is 321 g/mol. The number of nitrogens with zero attached hydrogens (tertiary/aromatic N) is 1. The zero-order valence-electron chi connectivity index (χ0n) is 10.8. The van der Waals surface area contributed by atoms with E-state index in [1.165, 1.54) is 25.4 Å². The van der Waals surface area contributed by atoms with Gasteiger partial charge in [0.1, 0.15) is 5.15 Å². The maximum Gasteiger partial charge on any atom is 0.262 e. The molecule has 0 saturated carbocycles. The van der Waals surface area contributed by atoms with Crippen molar-refractivity contribution in [1.82, 2.24) is 4.98 Å². The average Bonchev–Trinajstić information content (AvgIpc) is 2.37. The topological polar surface area (TPSA) is 94.3 Å². The molecule has 0 aliphatic rings. The lowest BCUT2D eigenvalue weighted by atomic mass is 10.3. The van der Waals surface area contributed by atoms with E-state index in [-0.39, 0.29) is 27.2 Å². The van der Waals surface area contributed by atoms with Crippen molar-refractivity contribution < 1.29 is 17.5 Å². The van der Waals surface area contributed by atoms with Crippen molar-refractivity contribution >= 4 is 33.0 Å². The van der Waals surface area contributed by atoms with Crippen LogP contribution in [0.4, 0.5) is 15.8 Å². The van der Waals surface area contributed by atoms with Gasteiger partial charge in [-0.1, -0.05) is 11.6 Å². The zero-order valence-corrected chi connectivity index (χ0v) is 12.4. The first kappa shape index (κ1) is 15.3. The number of hydrogen-bond donors (Lipinski definition) is 2. The van der Waals surface area contributed by atoms with Crippen molar-refractivity contribution in [3.8, 4) is 5.75 Å². The van der Waals surface area contributed by atoms with Gasteiger partial charge < -0.3 is 10.5 Å². The number of pyridine rings is 1. The number of nitrogen functional groups attached to an aromatic ring is 1. The SMILES string of the molecule is COc1c(N)cc(S(=O)(=O)Nc2ccnc(Cl)c2)cc1F. The Labute approximate surface area is 125 Å². The summed E-state index contributed by atoms with van der Waals surface area (Å²) >= 11 is 5.67. The number of benzene rings is 1. The number of rotatable bonds is 4. The summed E-state index contributed by atoms with van der Waals surface area (Å²) < 4.78 is 45.1. The van der Waals surface area contributed by atoms with Crippen molar-refractivity contribution in [3.63, 3.8) is 0 Å². The van der Waals surface area contributed by atoms with Crippen LogP contribution in [0.2, 0.25) is 5.15 Å². The van der Waals surface area contributed by atoms with Crippen molar-refractivity contribution in [2.24, 2.45) is 0 Å². The Morgan fingerprint density at radius 1 is 1.38 bits per heavy atom. The highest BCUT2D eigenvalue weighted by Gasteiger charge is 2.19. The molecule has 2 aromatic rings. The standard InChI is InChI=1S/C12H11ClFN3O3S/c1-20-12-9(14)5-8(6-10(12)15)21(18,19)17-7-2-3-16-11(13)4-7/h2-6H,15H2,1H3,(H,16,17). The molecule has 1 aromatic carbocycles. The Morgan fingerprint density at radius 3 is 2.67 bits per heavy atom. The molecule has 0 spiro atoms. The van der Waals surface area contributed by atoms with Gasteiger partial charge in [-0.25, -0.2) is 17.8 Å². The van der Waals surface area contributed by atoms with Crippen LogP contribution in [0.15, 0.2) is 35.4 Å². The highest BCUT2D eigenvalue weighted by molar-refractivity contribution is 7.92. The van der Waals surface area contributed by atoms with E-state index in [0.29, 0.717) is 0 Å². The van der Waals surface area contributed by atoms with Crippen LogP contribution in [-0.2, 0) is 10.0 Å². The number of hydrogen-bond acceptors (Lipinski definition) is 5. The largest absolute Gasteiger partial charge is 0.492 e. The maximum atomic E-state index is 13.7. The number of nitrogens with two attached hydrogens (primary N) is 1. The fourth-order valence-corrected chi connectivity index (χ4v) is 2.91. The third-order valence-electron chi connectivity index (χ3n) is 2.54. The van der Waals surface area contributed by atoms with Gasteiger partial charge in [0.2, 0.25) is 0 Å². The first-order valence-corrected chi connectivity index (χ1v) is 7.47. The molecule has 21 heavy (non-hydrogen) atoms. The summed E-state index contributed by atoms with van der Waals surface area (Å²) in [6.07, 6.45) is 1.34. The Bertz CT molecular complexity index is 760. The van der Waals surface area contributed by atoms with E-state index >= 15 is 0 Å². The number of sulfonamides is 1. The molecule has 0 amide bonds. The van der Waals surface area contributed by atoms with E-state index in [1.54, 1.807) is 0 Å². The molecule has 6 nitrogen and oxygen atoms in total. The van der Waals surface area contributed by atoms with Crippen LogP contribution in [0.1, 0.15) is 0 Å². The molecule has 0 radical (unpaired) electrons. The molecule has 0 saturated heterocycles. The second-order valence-electron chi connectivity index (χ2n) is 4.00. The molecule has 0 aliphatic carbocycles. The fraction of sp³-hybridized carbons (Fsp3) is 0.0833. The summed E-state index contributed by atoms with van der Waals surface area (Å²) in [5.74, 6) is -1.08. The van der Waals surface area contributed by atoms with Crippen LogP contribution in [0.5, 0.6) is 5.75 Å². The minimum Gasteiger partial charge on any atom is -0.492 e. The summed E-state index contributed by atoms with van der Waals surface area (Å²) in [5.41, 5.74) is 5.64. The smallest absolute Gasteiger partial charge is 0.262 e. The first-order valence-electron chi connectivity index (χ1n) is 5.61. The highest BCUT2D eigenvalue weighted by atomic mass is 35.5. The summed E-state index contributed by atoms with van der Waals surface area (Å²) in [7, 11) is -2.78. The number of methoxy groups -OCH3 is 1. The van der Waals surface area contributed by atoms with Crippen molar-refractivity contribution in [3.05, 3.63) is 41.4 Å². The first-order chi connectivity index (χ1) is 9.83. The van der Waals surface area contributed by atoms with Gasteiger partial charge in [-0.15, -0.1) is 0 Å². The molecule has 112 valence electrons. The molecule has 1 aromatic heterocycles. The maximum absolute atomic E-state index is 13.7. The second kappa shape index (κ2) is 5.74. The summed E-state index contributed by atoms with van der Waals surface area (Å²) in [4.78, 5) is 3.40. The minimum atomic E-state index is -4.01. The van der Waals surface area contributed by atoms with Gasteiger partial charge in [-0.3, -0.25) is 4.72 Å². The van der Waals surface area contributed by atoms with Gasteiger partial charge in [-0.2, -0.15) is 0 Å². The van der Waals surface area contributed by atoms with E-state index in [1.807, 2.05) is 0 Å². The predicted octanol–water partition coefficient (Wildman–Crippen LogP) is 2.27. The number of nitrogens with one attached hydrogen (secondary N) is 1. The van der Waals surface area contributed by atoms with Crippen molar-refractivity contribution in [1.29, 1.82) is 0 Å². The van der Waals surface area contributed by atoms with Gasteiger partial charge >= 0.3 is 0 Å². The predicted molar refractivity (Wildman–Crippen MR) is 77.4 cm³/mol. The van der Waals surface area contributed by atoms with Gasteiger partial charge in [0.15, 0.2) is 11.6 Å². The third kappa shape index (κ3) is 3.34. The quantitative estimate of drug-likeness (QED) is 0.662. The Balaban J connectivity index is 2.40. The Hall–Kier alpha value is -2.06. The lowest BCUT2D eigenvalue weighted by Gasteiger charge is -2.11. The van der Waals surface area contributed by atoms with Crippen LogP contribution in [0.25, 0.3) is 0 Å². The molecular formula is C12H11ClFN3O3S. The van der Waals surface area contributed by atoms with Crippen LogP contribution < -0.4 is 15.2 Å². The van der Waals surface area contributed by atoms with Gasteiger partial charge in [0.05, 0.1) is 23.4 Å². The number of aromatic nitrogens is 1. The molecule has 0 bridgehead atoms. The van der Waals surface area contributed by atoms with E-state index in [0.717, 1.165) is 12.1 Å². The number of anilines is 2. The zero-order chi connectivity index (χ0) is 15.6. The monoisotopic (exact) mass is 331 g/mol. The number of halogens is 2. The van der Waals surface area contributed by atoms with Crippen LogP contribution in [0, 0.1) is 5.82 Å². The van der Waals surface area contributed by atoms with E-state index in [4.69, 9.17) is 22.1 Å². The van der Waals surface area contributed by atoms with E-state index in [9.17, 15) is 12.8 Å². The average molecular weight is 332 g/mol. The molecule has 9 heteroatoms. The third-order valence-corrected chi connectivity index (χ3v) is 4.11. The lowest BCUT2D eigenvalue weighted by molar-refractivity contribution is 0.388. The summed E-state index contributed by atoms with van der Waals surface area (Å²) in [5, 5.41) is 0.121. The van der Waals surface area contributed by atoms with Gasteiger partial charge in [0.25, 0.3) is 10.0 Å². The van der Waals surface area contributed by atoms with Gasteiger partial charge in [-0.05, 0) is 24.3 Å². The van der Waals surface area contributed by atoms with Crippen LogP contribution in [0.3, 0.4) is 0 Å². The Morgan fingerprint density at radius 2 is 2.10 bits per heavy atom. The van der Waals surface area contributed by atoms with E-state index < -0.39 is 15.8 Å². The molecule has 0 aliphatic heterocycles. The Kier molecular flexibility index (Phi) is 4.19. The second-order valence-corrected chi connectivity index (χ2v) is 6.07. The highest BCUT2D eigenvalue weighted by Crippen LogP contribution is 2.29. The van der Waals surface area contributed by atoms with Crippen LogP contribution in [-0.4, -0.2) is 20.5 Å². The molecule has 1 heterocycles. The molecule has 2 rings (SSSR count).